The lowest BCUT2D eigenvalue weighted by atomic mass is 10.1. The van der Waals surface area contributed by atoms with Crippen molar-refractivity contribution >= 4 is 27.5 Å². The van der Waals surface area contributed by atoms with Crippen LogP contribution in [-0.4, -0.2) is 19.3 Å². The number of halogens is 2. The molecule has 18 heavy (non-hydrogen) atoms. The molecule has 1 rings (SSSR count). The predicted molar refractivity (Wildman–Crippen MR) is 81.3 cm³/mol. The van der Waals surface area contributed by atoms with Crippen LogP contribution >= 0.6 is 27.5 Å². The Kier molecular flexibility index (Phi) is 7.23. The third-order valence-electron chi connectivity index (χ3n) is 2.57. The molecule has 2 nitrogen and oxygen atoms in total. The van der Waals surface area contributed by atoms with E-state index in [4.69, 9.17) is 16.3 Å². The fourth-order valence-corrected chi connectivity index (χ4v) is 2.35. The SMILES string of the molecule is CCCNC(COC(C)C)c1cc(Cl)ccc1Br. The summed E-state index contributed by atoms with van der Waals surface area (Å²) in [4.78, 5) is 0. The summed E-state index contributed by atoms with van der Waals surface area (Å²) in [5.74, 6) is 0. The van der Waals surface area contributed by atoms with Crippen molar-refractivity contribution in [3.8, 4) is 0 Å². The summed E-state index contributed by atoms with van der Waals surface area (Å²) in [5.41, 5.74) is 1.15. The molecule has 0 aliphatic carbocycles. The largest absolute Gasteiger partial charge is 0.377 e. The van der Waals surface area contributed by atoms with Gasteiger partial charge in [0.05, 0.1) is 18.8 Å². The standard InChI is InChI=1S/C14H21BrClNO/c1-4-7-17-14(9-18-10(2)3)12-8-11(16)5-6-13(12)15/h5-6,8,10,14,17H,4,7,9H2,1-3H3. The summed E-state index contributed by atoms with van der Waals surface area (Å²) in [6.45, 7) is 7.86. The smallest absolute Gasteiger partial charge is 0.0665 e. The second-order valence-electron chi connectivity index (χ2n) is 4.55. The van der Waals surface area contributed by atoms with E-state index in [0.717, 1.165) is 28.0 Å². The quantitative estimate of drug-likeness (QED) is 0.788. The molecule has 0 amide bonds. The zero-order valence-electron chi connectivity index (χ0n) is 11.2. The molecule has 0 spiro atoms. The fourth-order valence-electron chi connectivity index (χ4n) is 1.65. The molecule has 102 valence electrons. The minimum atomic E-state index is 0.167. The second kappa shape index (κ2) is 8.16. The average Bonchev–Trinajstić information content (AvgIpc) is 2.32. The van der Waals surface area contributed by atoms with Crippen LogP contribution in [-0.2, 0) is 4.74 Å². The van der Waals surface area contributed by atoms with Crippen molar-refractivity contribution in [1.82, 2.24) is 5.32 Å². The first-order valence-electron chi connectivity index (χ1n) is 6.34. The highest BCUT2D eigenvalue weighted by Crippen LogP contribution is 2.27. The van der Waals surface area contributed by atoms with Gasteiger partial charge in [0.2, 0.25) is 0 Å². The molecule has 0 fully saturated rings. The summed E-state index contributed by atoms with van der Waals surface area (Å²) < 4.78 is 6.79. The summed E-state index contributed by atoms with van der Waals surface area (Å²) in [7, 11) is 0. The lowest BCUT2D eigenvalue weighted by molar-refractivity contribution is 0.0610. The topological polar surface area (TPSA) is 21.3 Å². The van der Waals surface area contributed by atoms with Crippen LogP contribution in [0.15, 0.2) is 22.7 Å². The van der Waals surface area contributed by atoms with E-state index in [2.05, 4.69) is 28.2 Å². The highest BCUT2D eigenvalue weighted by molar-refractivity contribution is 9.10. The van der Waals surface area contributed by atoms with Crippen LogP contribution in [0.1, 0.15) is 38.8 Å². The Hall–Kier alpha value is -0.0900. The van der Waals surface area contributed by atoms with Gasteiger partial charge in [-0.15, -0.1) is 0 Å². The van der Waals surface area contributed by atoms with E-state index < -0.39 is 0 Å². The van der Waals surface area contributed by atoms with Gasteiger partial charge in [-0.25, -0.2) is 0 Å². The van der Waals surface area contributed by atoms with Crippen molar-refractivity contribution in [3.05, 3.63) is 33.3 Å². The van der Waals surface area contributed by atoms with Crippen molar-refractivity contribution in [2.45, 2.75) is 39.3 Å². The summed E-state index contributed by atoms with van der Waals surface area (Å²) >= 11 is 9.64. The predicted octanol–water partition coefficient (Wildman–Crippen LogP) is 4.57. The first-order chi connectivity index (χ1) is 8.54. The molecule has 0 heterocycles. The van der Waals surface area contributed by atoms with Crippen LogP contribution in [0.2, 0.25) is 5.02 Å². The lowest BCUT2D eigenvalue weighted by Gasteiger charge is -2.22. The third-order valence-corrected chi connectivity index (χ3v) is 3.53. The first-order valence-corrected chi connectivity index (χ1v) is 7.51. The van der Waals surface area contributed by atoms with Gasteiger partial charge in [-0.05, 0) is 50.6 Å². The minimum absolute atomic E-state index is 0.167. The maximum Gasteiger partial charge on any atom is 0.0665 e. The molecule has 1 aromatic carbocycles. The van der Waals surface area contributed by atoms with E-state index in [1.54, 1.807) is 0 Å². The number of hydrogen-bond donors (Lipinski definition) is 1. The molecule has 0 bridgehead atoms. The summed E-state index contributed by atoms with van der Waals surface area (Å²) in [6, 6.07) is 6.02. The van der Waals surface area contributed by atoms with E-state index in [-0.39, 0.29) is 12.1 Å². The molecule has 0 radical (unpaired) electrons. The molecule has 1 atom stereocenters. The zero-order chi connectivity index (χ0) is 13.5. The van der Waals surface area contributed by atoms with Crippen LogP contribution in [0.3, 0.4) is 0 Å². The molecule has 1 unspecified atom stereocenters. The Morgan fingerprint density at radius 2 is 2.11 bits per heavy atom. The van der Waals surface area contributed by atoms with Gasteiger partial charge in [0.25, 0.3) is 0 Å². The maximum absolute atomic E-state index is 6.07. The number of hydrogen-bond acceptors (Lipinski definition) is 2. The second-order valence-corrected chi connectivity index (χ2v) is 5.85. The normalized spacial score (nSPS) is 13.0. The Labute approximate surface area is 123 Å². The molecular weight excluding hydrogens is 314 g/mol. The maximum atomic E-state index is 6.07. The number of rotatable bonds is 7. The molecule has 0 saturated carbocycles. The minimum Gasteiger partial charge on any atom is -0.377 e. The van der Waals surface area contributed by atoms with E-state index >= 15 is 0 Å². The molecule has 1 N–H and O–H groups in total. The summed E-state index contributed by atoms with van der Waals surface area (Å²) in [6.07, 6.45) is 1.32. The van der Waals surface area contributed by atoms with Gasteiger partial charge in [-0.2, -0.15) is 0 Å². The van der Waals surface area contributed by atoms with Gasteiger partial charge in [0.15, 0.2) is 0 Å². The van der Waals surface area contributed by atoms with Gasteiger partial charge in [0, 0.05) is 9.50 Å². The van der Waals surface area contributed by atoms with E-state index in [1.165, 1.54) is 0 Å². The van der Waals surface area contributed by atoms with E-state index in [9.17, 15) is 0 Å². The van der Waals surface area contributed by atoms with Crippen LogP contribution in [0, 0.1) is 0 Å². The highest BCUT2D eigenvalue weighted by atomic mass is 79.9. The summed E-state index contributed by atoms with van der Waals surface area (Å²) in [5, 5.41) is 4.25. The number of benzene rings is 1. The Bertz CT molecular complexity index is 371. The van der Waals surface area contributed by atoms with Gasteiger partial charge < -0.3 is 10.1 Å². The first kappa shape index (κ1) is 16.0. The Morgan fingerprint density at radius 1 is 1.39 bits per heavy atom. The zero-order valence-corrected chi connectivity index (χ0v) is 13.5. The monoisotopic (exact) mass is 333 g/mol. The van der Waals surface area contributed by atoms with Crippen molar-refractivity contribution in [1.29, 1.82) is 0 Å². The van der Waals surface area contributed by atoms with Crippen LogP contribution in [0.5, 0.6) is 0 Å². The van der Waals surface area contributed by atoms with Crippen molar-refractivity contribution in [2.75, 3.05) is 13.2 Å². The van der Waals surface area contributed by atoms with Crippen LogP contribution in [0.4, 0.5) is 0 Å². The third kappa shape index (κ3) is 5.27. The average molecular weight is 335 g/mol. The molecular formula is C14H21BrClNO. The van der Waals surface area contributed by atoms with Gasteiger partial charge in [-0.3, -0.25) is 0 Å². The van der Waals surface area contributed by atoms with E-state index in [0.29, 0.717) is 6.61 Å². The molecule has 0 aliphatic heterocycles. The van der Waals surface area contributed by atoms with Gasteiger partial charge in [0.1, 0.15) is 0 Å². The van der Waals surface area contributed by atoms with Gasteiger partial charge in [-0.1, -0.05) is 34.5 Å². The molecule has 4 heteroatoms. The highest BCUT2D eigenvalue weighted by Gasteiger charge is 2.15. The van der Waals surface area contributed by atoms with Crippen molar-refractivity contribution < 1.29 is 4.74 Å². The van der Waals surface area contributed by atoms with Crippen molar-refractivity contribution in [2.24, 2.45) is 0 Å². The molecule has 0 aromatic heterocycles. The lowest BCUT2D eigenvalue weighted by Crippen LogP contribution is -2.27. The fraction of sp³-hybridized carbons (Fsp3) is 0.571. The number of nitrogens with one attached hydrogen (secondary N) is 1. The van der Waals surface area contributed by atoms with E-state index in [1.807, 2.05) is 32.0 Å². The molecule has 0 aliphatic rings. The van der Waals surface area contributed by atoms with Gasteiger partial charge >= 0.3 is 0 Å². The van der Waals surface area contributed by atoms with Crippen LogP contribution < -0.4 is 5.32 Å². The van der Waals surface area contributed by atoms with Crippen molar-refractivity contribution in [3.63, 3.8) is 0 Å². The Morgan fingerprint density at radius 3 is 2.72 bits per heavy atom. The Balaban J connectivity index is 2.82. The molecule has 1 aromatic rings. The molecule has 0 saturated heterocycles. The number of ether oxygens (including phenoxy) is 1. The van der Waals surface area contributed by atoms with Crippen LogP contribution in [0.25, 0.3) is 0 Å².